The van der Waals surface area contributed by atoms with Crippen LogP contribution in [0, 0.1) is 11.3 Å². The molecule has 2 atom stereocenters. The van der Waals surface area contributed by atoms with Gasteiger partial charge < -0.3 is 10.2 Å². The molecule has 0 radical (unpaired) electrons. The molecular weight excluding hydrogens is 448 g/mol. The minimum Gasteiger partial charge on any atom is -0.469 e. The number of carbonyl (C=O) groups is 1. The zero-order chi connectivity index (χ0) is 23.4. The van der Waals surface area contributed by atoms with E-state index in [-0.39, 0.29) is 11.7 Å². The summed E-state index contributed by atoms with van der Waals surface area (Å²) in [6.45, 7) is 0. The van der Waals surface area contributed by atoms with Crippen LogP contribution < -0.4 is 10.6 Å². The van der Waals surface area contributed by atoms with Crippen LogP contribution in [-0.4, -0.2) is 11.6 Å². The molecule has 3 aliphatic rings. The van der Waals surface area contributed by atoms with Crippen molar-refractivity contribution in [1.29, 1.82) is 5.26 Å². The molecule has 34 heavy (non-hydrogen) atoms. The molecule has 6 rings (SSSR count). The number of halogens is 1. The van der Waals surface area contributed by atoms with Crippen LogP contribution in [0.3, 0.4) is 0 Å². The van der Waals surface area contributed by atoms with Crippen LogP contribution >= 0.6 is 11.6 Å². The van der Waals surface area contributed by atoms with Crippen molar-refractivity contribution in [3.05, 3.63) is 112 Å². The molecule has 0 bridgehead atoms. The summed E-state index contributed by atoms with van der Waals surface area (Å²) >= 11 is 6.14. The molecule has 2 N–H and O–H groups in total. The van der Waals surface area contributed by atoms with Crippen LogP contribution in [0.4, 0.5) is 5.69 Å². The van der Waals surface area contributed by atoms with Gasteiger partial charge in [0, 0.05) is 34.2 Å². The number of nitrogens with two attached hydrogens (primary N) is 1. The molecule has 0 saturated heterocycles. The van der Waals surface area contributed by atoms with E-state index in [1.165, 1.54) is 0 Å². The molecule has 166 valence electrons. The average Bonchev–Trinajstić information content (AvgIpc) is 3.39. The van der Waals surface area contributed by atoms with Gasteiger partial charge in [-0.1, -0.05) is 35.9 Å². The van der Waals surface area contributed by atoms with Gasteiger partial charge >= 0.3 is 0 Å². The Bertz CT molecular complexity index is 1460. The maximum Gasteiger partial charge on any atom is 0.162 e. The number of fused-ring (bicyclic) bond motifs is 4. The van der Waals surface area contributed by atoms with Crippen molar-refractivity contribution in [2.24, 2.45) is 10.7 Å². The van der Waals surface area contributed by atoms with E-state index < -0.39 is 5.92 Å². The highest BCUT2D eigenvalue weighted by Gasteiger charge is 2.45. The molecule has 7 heteroatoms. The zero-order valence-corrected chi connectivity index (χ0v) is 18.8. The highest BCUT2D eigenvalue weighted by Crippen LogP contribution is 2.51. The minimum absolute atomic E-state index is 0.00518. The number of amidine groups is 1. The highest BCUT2D eigenvalue weighted by molar-refractivity contribution is 6.30. The second kappa shape index (κ2) is 7.75. The van der Waals surface area contributed by atoms with Crippen LogP contribution in [0.15, 0.2) is 99.0 Å². The Labute approximate surface area is 201 Å². The summed E-state index contributed by atoms with van der Waals surface area (Å²) in [4.78, 5) is 20.4. The Morgan fingerprint density at radius 1 is 1.09 bits per heavy atom. The molecule has 3 heterocycles. The van der Waals surface area contributed by atoms with Gasteiger partial charge in [0.05, 0.1) is 29.5 Å². The molecule has 1 aliphatic carbocycles. The number of ketones is 1. The number of aliphatic imine (C=N–C) groups is 1. The normalized spacial score (nSPS) is 21.5. The first-order valence-corrected chi connectivity index (χ1v) is 11.4. The van der Waals surface area contributed by atoms with Gasteiger partial charge in [0.1, 0.15) is 11.6 Å². The lowest BCUT2D eigenvalue weighted by Crippen LogP contribution is -2.40. The molecule has 2 aliphatic heterocycles. The van der Waals surface area contributed by atoms with Crippen molar-refractivity contribution >= 4 is 28.9 Å². The maximum atomic E-state index is 13.8. The second-order valence-corrected chi connectivity index (χ2v) is 9.02. The molecule has 2 unspecified atom stereocenters. The molecule has 0 spiro atoms. The number of para-hydroxylation sites is 1. The monoisotopic (exact) mass is 466 g/mol. The first-order valence-electron chi connectivity index (χ1n) is 11.0. The van der Waals surface area contributed by atoms with E-state index in [1.807, 2.05) is 53.4 Å². The summed E-state index contributed by atoms with van der Waals surface area (Å²) in [5.74, 6) is 0.925. The van der Waals surface area contributed by atoms with Crippen molar-refractivity contribution in [2.45, 2.75) is 24.7 Å². The minimum atomic E-state index is -0.546. The topological polar surface area (TPSA) is 95.6 Å². The number of benzene rings is 2. The summed E-state index contributed by atoms with van der Waals surface area (Å²) in [7, 11) is 0. The van der Waals surface area contributed by atoms with E-state index in [0.29, 0.717) is 40.7 Å². The van der Waals surface area contributed by atoms with Gasteiger partial charge in [-0.15, -0.1) is 0 Å². The van der Waals surface area contributed by atoms with Gasteiger partial charge in [0.25, 0.3) is 0 Å². The van der Waals surface area contributed by atoms with Gasteiger partial charge in [0.15, 0.2) is 11.6 Å². The average molecular weight is 467 g/mol. The van der Waals surface area contributed by atoms with Crippen molar-refractivity contribution in [2.75, 3.05) is 4.90 Å². The quantitative estimate of drug-likeness (QED) is 0.546. The summed E-state index contributed by atoms with van der Waals surface area (Å²) in [5, 5.41) is 10.9. The fourth-order valence-corrected chi connectivity index (χ4v) is 5.35. The molecular formula is C27H19ClN4O2. The Balaban J connectivity index is 1.62. The van der Waals surface area contributed by atoms with Gasteiger partial charge in [-0.25, -0.2) is 4.99 Å². The number of hydrogen-bond acceptors (Lipinski definition) is 6. The predicted octanol–water partition coefficient (Wildman–Crippen LogP) is 5.39. The fourth-order valence-electron chi connectivity index (χ4n) is 5.23. The Morgan fingerprint density at radius 3 is 2.62 bits per heavy atom. The van der Waals surface area contributed by atoms with Gasteiger partial charge in [-0.2, -0.15) is 5.26 Å². The van der Waals surface area contributed by atoms with Crippen LogP contribution in [0.2, 0.25) is 5.02 Å². The second-order valence-electron chi connectivity index (χ2n) is 8.59. The van der Waals surface area contributed by atoms with Crippen LogP contribution in [0.1, 0.15) is 41.6 Å². The number of anilines is 1. The summed E-state index contributed by atoms with van der Waals surface area (Å²) in [6, 6.07) is 21.0. The molecule has 2 aromatic carbocycles. The van der Waals surface area contributed by atoms with E-state index >= 15 is 0 Å². The zero-order valence-electron chi connectivity index (χ0n) is 18.0. The molecule has 0 amide bonds. The van der Waals surface area contributed by atoms with Crippen LogP contribution in [0.25, 0.3) is 0 Å². The predicted molar refractivity (Wildman–Crippen MR) is 129 cm³/mol. The van der Waals surface area contributed by atoms with Crippen LogP contribution in [-0.2, 0) is 4.79 Å². The van der Waals surface area contributed by atoms with E-state index in [2.05, 4.69) is 11.1 Å². The molecule has 0 fully saturated rings. The molecule has 6 nitrogen and oxygen atoms in total. The van der Waals surface area contributed by atoms with E-state index in [4.69, 9.17) is 21.8 Å². The van der Waals surface area contributed by atoms with E-state index in [9.17, 15) is 10.1 Å². The maximum absolute atomic E-state index is 13.8. The molecule has 3 aromatic rings. The molecule has 1 aromatic heterocycles. The number of rotatable bonds is 2. The number of hydrogen-bond donors (Lipinski definition) is 1. The summed E-state index contributed by atoms with van der Waals surface area (Å²) < 4.78 is 5.67. The Kier molecular flexibility index (Phi) is 4.68. The first-order chi connectivity index (χ1) is 16.6. The first kappa shape index (κ1) is 20.5. The lowest BCUT2D eigenvalue weighted by molar-refractivity contribution is -0.116. The summed E-state index contributed by atoms with van der Waals surface area (Å²) in [6.07, 6.45) is 2.51. The molecule has 0 saturated carbocycles. The Hall–Kier alpha value is -4.08. The van der Waals surface area contributed by atoms with Gasteiger partial charge in [-0.05, 0) is 48.4 Å². The summed E-state index contributed by atoms with van der Waals surface area (Å²) in [5.41, 5.74) is 10.6. The third-order valence-electron chi connectivity index (χ3n) is 6.70. The third kappa shape index (κ3) is 3.01. The van der Waals surface area contributed by atoms with Crippen molar-refractivity contribution in [3.8, 4) is 6.07 Å². The number of nitriles is 1. The van der Waals surface area contributed by atoms with Crippen molar-refractivity contribution in [3.63, 3.8) is 0 Å². The number of nitrogens with zero attached hydrogens (tertiary/aromatic N) is 3. The lowest BCUT2D eigenvalue weighted by Gasteiger charge is -2.43. The van der Waals surface area contributed by atoms with Gasteiger partial charge in [-0.3, -0.25) is 9.69 Å². The standard InChI is InChI=1S/C27H19ClN4O2/c28-17-9-7-15(8-10-17)24-19(14-29)27-31-26(30)18-4-1-2-5-20(18)32(27)21-12-16(13-22(33)25(21)24)23-6-3-11-34-23/h1-11,16,24H,12-13H2,(H2,30,31). The largest absolute Gasteiger partial charge is 0.469 e. The lowest BCUT2D eigenvalue weighted by atomic mass is 9.72. The smallest absolute Gasteiger partial charge is 0.162 e. The van der Waals surface area contributed by atoms with E-state index in [1.54, 1.807) is 18.4 Å². The fraction of sp³-hybridized carbons (Fsp3) is 0.148. The number of carbonyl (C=O) groups excluding carboxylic acids is 1. The SMILES string of the molecule is N#CC1=C2N=C(N)c3ccccc3N2C2=C(C(=O)CC(c3ccco3)C2)C1c1ccc(Cl)cc1. The number of Topliss-reactive ketones (excluding diaryl/α,β-unsaturated/α-hetero) is 1. The van der Waals surface area contributed by atoms with Crippen LogP contribution in [0.5, 0.6) is 0 Å². The Morgan fingerprint density at radius 2 is 1.88 bits per heavy atom. The van der Waals surface area contributed by atoms with E-state index in [0.717, 1.165) is 28.3 Å². The third-order valence-corrected chi connectivity index (χ3v) is 6.95. The highest BCUT2D eigenvalue weighted by atomic mass is 35.5. The van der Waals surface area contributed by atoms with Gasteiger partial charge in [0.2, 0.25) is 0 Å². The number of furan rings is 1. The van der Waals surface area contributed by atoms with Crippen molar-refractivity contribution < 1.29 is 9.21 Å². The van der Waals surface area contributed by atoms with Crippen molar-refractivity contribution in [1.82, 2.24) is 0 Å². The number of allylic oxidation sites excluding steroid dienone is 3.